The van der Waals surface area contributed by atoms with Crippen molar-refractivity contribution in [2.45, 2.75) is 58.3 Å². The first-order valence-corrected chi connectivity index (χ1v) is 6.52. The lowest BCUT2D eigenvalue weighted by molar-refractivity contribution is 0.371. The largest absolute Gasteiger partial charge is 0.481 e. The Bertz CT molecular complexity index is 341. The predicted octanol–water partition coefficient (Wildman–Crippen LogP) is 3.73. The molecule has 1 unspecified atom stereocenters. The van der Waals surface area contributed by atoms with Gasteiger partial charge in [-0.1, -0.05) is 40.0 Å². The van der Waals surface area contributed by atoms with Gasteiger partial charge in [0.25, 0.3) is 0 Å². The van der Waals surface area contributed by atoms with Crippen LogP contribution < -0.4 is 4.74 Å². The van der Waals surface area contributed by atoms with E-state index in [1.165, 1.54) is 25.7 Å². The van der Waals surface area contributed by atoms with Crippen LogP contribution in [-0.4, -0.2) is 17.1 Å². The van der Waals surface area contributed by atoms with E-state index in [9.17, 15) is 0 Å². The van der Waals surface area contributed by atoms with Gasteiger partial charge in [-0.2, -0.15) is 0 Å². The average molecular weight is 236 g/mol. The molecule has 3 heteroatoms. The third kappa shape index (κ3) is 3.69. The first kappa shape index (κ1) is 13.9. The molecule has 0 aliphatic rings. The van der Waals surface area contributed by atoms with Crippen molar-refractivity contribution in [2.24, 2.45) is 0 Å². The molecule has 0 bridgehead atoms. The molecule has 1 heterocycles. The lowest BCUT2D eigenvalue weighted by Crippen LogP contribution is -2.22. The molecule has 1 aromatic heterocycles. The van der Waals surface area contributed by atoms with Gasteiger partial charge in [-0.15, -0.1) is 0 Å². The molecule has 1 atom stereocenters. The second kappa shape index (κ2) is 6.58. The molecule has 1 rings (SSSR count). The van der Waals surface area contributed by atoms with Gasteiger partial charge in [0.1, 0.15) is 6.33 Å². The number of aromatic nitrogens is 2. The van der Waals surface area contributed by atoms with Gasteiger partial charge in [-0.25, -0.2) is 9.97 Å². The quantitative estimate of drug-likeness (QED) is 0.676. The van der Waals surface area contributed by atoms with Crippen LogP contribution in [0, 0.1) is 0 Å². The van der Waals surface area contributed by atoms with Crippen LogP contribution in [0.3, 0.4) is 0 Å². The Morgan fingerprint density at radius 2 is 2.00 bits per heavy atom. The van der Waals surface area contributed by atoms with Gasteiger partial charge in [0.05, 0.1) is 12.8 Å². The molecule has 0 fully saturated rings. The predicted molar refractivity (Wildman–Crippen MR) is 70.4 cm³/mol. The minimum Gasteiger partial charge on any atom is -0.481 e. The van der Waals surface area contributed by atoms with E-state index in [-0.39, 0.29) is 5.41 Å². The summed E-state index contributed by atoms with van der Waals surface area (Å²) in [4.78, 5) is 8.49. The summed E-state index contributed by atoms with van der Waals surface area (Å²) < 4.78 is 5.17. The Labute approximate surface area is 105 Å². The third-order valence-corrected chi connectivity index (χ3v) is 3.58. The van der Waals surface area contributed by atoms with E-state index >= 15 is 0 Å². The number of methoxy groups -OCH3 is 1. The zero-order valence-electron chi connectivity index (χ0n) is 11.5. The van der Waals surface area contributed by atoms with E-state index in [1.54, 1.807) is 13.4 Å². The van der Waals surface area contributed by atoms with Crippen molar-refractivity contribution in [2.75, 3.05) is 7.11 Å². The monoisotopic (exact) mass is 236 g/mol. The van der Waals surface area contributed by atoms with Crippen molar-refractivity contribution in [1.29, 1.82) is 0 Å². The molecule has 0 spiro atoms. The summed E-state index contributed by atoms with van der Waals surface area (Å²) in [6, 6.07) is 1.97. The van der Waals surface area contributed by atoms with Gasteiger partial charge >= 0.3 is 0 Å². The molecule has 0 saturated carbocycles. The van der Waals surface area contributed by atoms with Crippen LogP contribution >= 0.6 is 0 Å². The van der Waals surface area contributed by atoms with Crippen molar-refractivity contribution in [3.05, 3.63) is 18.1 Å². The molecule has 0 amide bonds. The van der Waals surface area contributed by atoms with E-state index in [0.29, 0.717) is 5.88 Å². The van der Waals surface area contributed by atoms with E-state index < -0.39 is 0 Å². The van der Waals surface area contributed by atoms with Crippen molar-refractivity contribution >= 4 is 0 Å². The Balaban J connectivity index is 2.82. The first-order chi connectivity index (χ1) is 8.16. The maximum atomic E-state index is 5.17. The highest BCUT2D eigenvalue weighted by atomic mass is 16.5. The zero-order chi connectivity index (χ0) is 12.7. The summed E-state index contributed by atoms with van der Waals surface area (Å²) in [5, 5.41) is 0. The summed E-state index contributed by atoms with van der Waals surface area (Å²) in [6.07, 6.45) is 7.67. The van der Waals surface area contributed by atoms with Crippen LogP contribution in [0.5, 0.6) is 5.88 Å². The highest BCUT2D eigenvalue weighted by molar-refractivity contribution is 5.21. The van der Waals surface area contributed by atoms with Crippen molar-refractivity contribution in [3.63, 3.8) is 0 Å². The van der Waals surface area contributed by atoms with Crippen LogP contribution in [0.1, 0.15) is 58.6 Å². The zero-order valence-corrected chi connectivity index (χ0v) is 11.5. The van der Waals surface area contributed by atoms with Gasteiger partial charge in [-0.3, -0.25) is 0 Å². The molecular weight excluding hydrogens is 212 g/mol. The van der Waals surface area contributed by atoms with Crippen molar-refractivity contribution in [3.8, 4) is 5.88 Å². The number of hydrogen-bond acceptors (Lipinski definition) is 3. The Morgan fingerprint density at radius 3 is 2.59 bits per heavy atom. The van der Waals surface area contributed by atoms with Crippen molar-refractivity contribution < 1.29 is 4.74 Å². The number of hydrogen-bond donors (Lipinski definition) is 0. The van der Waals surface area contributed by atoms with Crippen LogP contribution in [0.15, 0.2) is 12.4 Å². The Hall–Kier alpha value is -1.12. The van der Waals surface area contributed by atoms with Crippen LogP contribution in [-0.2, 0) is 5.41 Å². The van der Waals surface area contributed by atoms with E-state index in [1.807, 2.05) is 6.07 Å². The van der Waals surface area contributed by atoms with Gasteiger partial charge in [0.2, 0.25) is 5.88 Å². The minimum atomic E-state index is 0.144. The van der Waals surface area contributed by atoms with Gasteiger partial charge in [0.15, 0.2) is 0 Å². The molecule has 0 aromatic carbocycles. The fraction of sp³-hybridized carbons (Fsp3) is 0.714. The first-order valence-electron chi connectivity index (χ1n) is 6.52. The van der Waals surface area contributed by atoms with Gasteiger partial charge in [0, 0.05) is 11.5 Å². The second-order valence-corrected chi connectivity index (χ2v) is 4.82. The summed E-state index contributed by atoms with van der Waals surface area (Å²) in [7, 11) is 1.65. The molecule has 0 aliphatic carbocycles. The number of unbranched alkanes of at least 4 members (excludes halogenated alkanes) is 2. The molecule has 0 N–H and O–H groups in total. The van der Waals surface area contributed by atoms with E-state index in [2.05, 4.69) is 30.7 Å². The molecule has 96 valence electrons. The average Bonchev–Trinajstić information content (AvgIpc) is 2.39. The molecule has 3 nitrogen and oxygen atoms in total. The summed E-state index contributed by atoms with van der Waals surface area (Å²) >= 11 is 0. The molecule has 0 radical (unpaired) electrons. The van der Waals surface area contributed by atoms with Crippen molar-refractivity contribution in [1.82, 2.24) is 9.97 Å². The fourth-order valence-electron chi connectivity index (χ4n) is 2.03. The summed E-state index contributed by atoms with van der Waals surface area (Å²) in [6.45, 7) is 6.74. The second-order valence-electron chi connectivity index (χ2n) is 4.82. The summed E-state index contributed by atoms with van der Waals surface area (Å²) in [5.74, 6) is 0.658. The lowest BCUT2D eigenvalue weighted by Gasteiger charge is -2.27. The van der Waals surface area contributed by atoms with Crippen LogP contribution in [0.4, 0.5) is 0 Å². The van der Waals surface area contributed by atoms with Gasteiger partial charge < -0.3 is 4.74 Å². The SMILES string of the molecule is CCCCCC(C)(CC)c1cc(OC)ncn1. The molecule has 17 heavy (non-hydrogen) atoms. The Morgan fingerprint density at radius 1 is 1.24 bits per heavy atom. The van der Waals surface area contributed by atoms with E-state index in [4.69, 9.17) is 4.74 Å². The standard InChI is InChI=1S/C14H24N2O/c1-5-7-8-9-14(3,6-2)12-10-13(17-4)16-11-15-12/h10-11H,5-9H2,1-4H3. The van der Waals surface area contributed by atoms with Crippen LogP contribution in [0.2, 0.25) is 0 Å². The third-order valence-electron chi connectivity index (χ3n) is 3.58. The number of ether oxygens (including phenoxy) is 1. The molecule has 0 aliphatic heterocycles. The van der Waals surface area contributed by atoms with Gasteiger partial charge in [-0.05, 0) is 12.8 Å². The number of nitrogens with zero attached hydrogens (tertiary/aromatic N) is 2. The summed E-state index contributed by atoms with van der Waals surface area (Å²) in [5.41, 5.74) is 1.24. The van der Waals surface area contributed by atoms with E-state index in [0.717, 1.165) is 12.1 Å². The fourth-order valence-corrected chi connectivity index (χ4v) is 2.03. The molecular formula is C14H24N2O. The van der Waals surface area contributed by atoms with Crippen LogP contribution in [0.25, 0.3) is 0 Å². The topological polar surface area (TPSA) is 35.0 Å². The normalized spacial score (nSPS) is 14.4. The maximum absolute atomic E-state index is 5.17. The highest BCUT2D eigenvalue weighted by Gasteiger charge is 2.26. The lowest BCUT2D eigenvalue weighted by atomic mass is 9.79. The highest BCUT2D eigenvalue weighted by Crippen LogP contribution is 2.32. The maximum Gasteiger partial charge on any atom is 0.216 e. The Kier molecular flexibility index (Phi) is 5.39. The minimum absolute atomic E-state index is 0.144. The smallest absolute Gasteiger partial charge is 0.216 e. The number of rotatable bonds is 7. The molecule has 0 saturated heterocycles. The molecule has 1 aromatic rings.